The predicted octanol–water partition coefficient (Wildman–Crippen LogP) is 4.11. The van der Waals surface area contributed by atoms with E-state index in [2.05, 4.69) is 10.3 Å². The third kappa shape index (κ3) is 5.67. The molecular weight excluding hydrogens is 488 g/mol. The summed E-state index contributed by atoms with van der Waals surface area (Å²) in [5.41, 5.74) is 0.742. The molecule has 3 N–H and O–H groups in total. The topological polar surface area (TPSA) is 112 Å². The quantitative estimate of drug-likeness (QED) is 0.215. The van der Waals surface area contributed by atoms with Crippen molar-refractivity contribution < 1.29 is 29.0 Å². The monoisotopic (exact) mass is 507 g/mol. The third-order valence-corrected chi connectivity index (χ3v) is 5.29. The normalized spacial score (nSPS) is 12.6. The highest BCUT2D eigenvalue weighted by Gasteiger charge is 2.54. The van der Waals surface area contributed by atoms with E-state index in [0.717, 1.165) is 23.9 Å². The molecule has 178 valence electrons. The van der Waals surface area contributed by atoms with E-state index in [1.807, 2.05) is 30.3 Å². The van der Waals surface area contributed by atoms with Crippen LogP contribution in [0.25, 0.3) is 0 Å². The molecule has 3 rings (SSSR count). The number of carbonyl (C=O) groups excluding carboxylic acids is 1. The Balaban J connectivity index is 1.84. The number of carboxylic acid groups (broad SMARTS) is 1. The fourth-order valence-corrected chi connectivity index (χ4v) is 3.33. The molecular formula is C23H20Cl2FN3O5. The number of carboxylic acids is 1. The zero-order valence-electron chi connectivity index (χ0n) is 17.6. The van der Waals surface area contributed by atoms with Crippen molar-refractivity contribution >= 4 is 40.8 Å². The summed E-state index contributed by atoms with van der Waals surface area (Å²) in [5.74, 6) is -6.54. The molecule has 3 aromatic rings. The van der Waals surface area contributed by atoms with Gasteiger partial charge in [-0.1, -0.05) is 53.5 Å². The van der Waals surface area contributed by atoms with Crippen molar-refractivity contribution in [2.45, 2.75) is 17.0 Å². The number of pyridine rings is 1. The minimum Gasteiger partial charge on any atom is -0.507 e. The largest absolute Gasteiger partial charge is 0.507 e. The molecule has 0 saturated carbocycles. The maximum Gasteiger partial charge on any atom is 0.368 e. The van der Waals surface area contributed by atoms with E-state index in [0.29, 0.717) is 18.0 Å². The summed E-state index contributed by atoms with van der Waals surface area (Å²) in [5, 5.41) is 22.7. The molecule has 0 radical (unpaired) electrons. The average Bonchev–Trinajstić information content (AvgIpc) is 2.83. The third-order valence-electron chi connectivity index (χ3n) is 4.72. The van der Waals surface area contributed by atoms with E-state index >= 15 is 4.39 Å². The number of anilines is 1. The summed E-state index contributed by atoms with van der Waals surface area (Å²) in [6, 6.07) is 15.7. The molecule has 0 saturated heterocycles. The number of aromatic nitrogens is 1. The number of amides is 1. The van der Waals surface area contributed by atoms with E-state index < -0.39 is 22.5 Å². The summed E-state index contributed by atoms with van der Waals surface area (Å²) in [4.78, 5) is 31.6. The van der Waals surface area contributed by atoms with Gasteiger partial charge in [-0.2, -0.15) is 5.06 Å². The minimum atomic E-state index is -3.41. The number of hydrogen-bond donors (Lipinski definition) is 3. The molecule has 2 aromatic carbocycles. The van der Waals surface area contributed by atoms with E-state index in [1.54, 1.807) is 0 Å². The second-order valence-corrected chi connectivity index (χ2v) is 8.14. The smallest absolute Gasteiger partial charge is 0.368 e. The van der Waals surface area contributed by atoms with Crippen LogP contribution in [0.5, 0.6) is 11.5 Å². The van der Waals surface area contributed by atoms with Crippen molar-refractivity contribution in [3.05, 3.63) is 84.2 Å². The van der Waals surface area contributed by atoms with Gasteiger partial charge in [0.25, 0.3) is 5.91 Å². The zero-order valence-corrected chi connectivity index (χ0v) is 19.1. The van der Waals surface area contributed by atoms with E-state index in [-0.39, 0.29) is 22.7 Å². The van der Waals surface area contributed by atoms with Crippen molar-refractivity contribution in [3.8, 4) is 11.5 Å². The second-order valence-electron chi connectivity index (χ2n) is 7.05. The number of benzene rings is 2. The fourth-order valence-electron chi connectivity index (χ4n) is 2.97. The highest BCUT2D eigenvalue weighted by molar-refractivity contribution is 6.46. The van der Waals surface area contributed by atoms with Crippen LogP contribution >= 0.6 is 23.2 Å². The van der Waals surface area contributed by atoms with Crippen LogP contribution in [0.1, 0.15) is 15.9 Å². The molecule has 0 bridgehead atoms. The summed E-state index contributed by atoms with van der Waals surface area (Å²) >= 11 is 11.3. The lowest BCUT2D eigenvalue weighted by atomic mass is 10.1. The molecule has 1 aromatic heterocycles. The van der Waals surface area contributed by atoms with Gasteiger partial charge in [0, 0.05) is 12.7 Å². The molecule has 0 spiro atoms. The van der Waals surface area contributed by atoms with Gasteiger partial charge in [0.1, 0.15) is 5.75 Å². The Morgan fingerprint density at radius 1 is 1.15 bits per heavy atom. The molecule has 1 atom stereocenters. The van der Waals surface area contributed by atoms with Crippen molar-refractivity contribution in [1.82, 2.24) is 10.3 Å². The number of carbonyl (C=O) groups is 2. The van der Waals surface area contributed by atoms with Gasteiger partial charge >= 0.3 is 11.8 Å². The number of phenolic OH excluding ortho intramolecular Hbond substituents is 1. The van der Waals surface area contributed by atoms with Crippen LogP contribution in [-0.2, 0) is 11.2 Å². The van der Waals surface area contributed by atoms with Crippen LogP contribution in [0, 0.1) is 0 Å². The number of hydroxylamine groups is 1. The van der Waals surface area contributed by atoms with Gasteiger partial charge < -0.3 is 20.4 Å². The summed E-state index contributed by atoms with van der Waals surface area (Å²) in [7, 11) is 0. The lowest BCUT2D eigenvalue weighted by Crippen LogP contribution is -2.57. The second kappa shape index (κ2) is 11.0. The van der Waals surface area contributed by atoms with Crippen LogP contribution in [-0.4, -0.2) is 44.2 Å². The van der Waals surface area contributed by atoms with E-state index in [9.17, 15) is 19.8 Å². The van der Waals surface area contributed by atoms with Crippen LogP contribution in [0.15, 0.2) is 73.1 Å². The average molecular weight is 508 g/mol. The predicted molar refractivity (Wildman–Crippen MR) is 125 cm³/mol. The van der Waals surface area contributed by atoms with Crippen LogP contribution in [0.2, 0.25) is 0 Å². The molecule has 1 heterocycles. The van der Waals surface area contributed by atoms with Crippen molar-refractivity contribution in [1.29, 1.82) is 0 Å². The highest BCUT2D eigenvalue weighted by Crippen LogP contribution is 2.35. The lowest BCUT2D eigenvalue weighted by molar-refractivity contribution is -0.153. The van der Waals surface area contributed by atoms with Crippen LogP contribution < -0.4 is 15.2 Å². The van der Waals surface area contributed by atoms with Gasteiger partial charge in [0.05, 0.1) is 17.4 Å². The van der Waals surface area contributed by atoms with E-state index in [4.69, 9.17) is 28.0 Å². The molecule has 8 nitrogen and oxygen atoms in total. The van der Waals surface area contributed by atoms with Gasteiger partial charge in [-0.05, 0) is 42.3 Å². The van der Waals surface area contributed by atoms with Crippen LogP contribution in [0.3, 0.4) is 0 Å². The Kier molecular flexibility index (Phi) is 8.14. The Hall–Kier alpha value is -3.56. The summed E-state index contributed by atoms with van der Waals surface area (Å²) in [6.45, 7) is 0.294. The van der Waals surface area contributed by atoms with E-state index in [1.165, 1.54) is 24.4 Å². The number of alkyl halides is 3. The van der Waals surface area contributed by atoms with Crippen LogP contribution in [0.4, 0.5) is 10.1 Å². The Bertz CT molecular complexity index is 1140. The molecule has 1 unspecified atom stereocenters. The minimum absolute atomic E-state index is 0.111. The van der Waals surface area contributed by atoms with Crippen molar-refractivity contribution in [2.75, 3.05) is 11.6 Å². The number of nitrogens with zero attached hydrogens (tertiary/aromatic N) is 2. The maximum atomic E-state index is 15.5. The number of hydrogen-bond acceptors (Lipinski definition) is 6. The number of aliphatic carboxylic acids is 1. The molecule has 0 aliphatic rings. The van der Waals surface area contributed by atoms with Gasteiger partial charge in [-0.25, -0.2) is 9.18 Å². The first-order valence-corrected chi connectivity index (χ1v) is 10.8. The number of aromatic hydroxyl groups is 1. The lowest BCUT2D eigenvalue weighted by Gasteiger charge is -2.35. The number of rotatable bonds is 10. The summed E-state index contributed by atoms with van der Waals surface area (Å²) in [6.07, 6.45) is 3.10. The molecule has 34 heavy (non-hydrogen) atoms. The zero-order chi connectivity index (χ0) is 24.7. The van der Waals surface area contributed by atoms with Gasteiger partial charge in [0.2, 0.25) is 0 Å². The standard InChI is InChI=1S/C23H20Cl2FN3O5/c24-21(25)23(26,22(32)33)29(16-7-4-11-27-14-16)34-17-8-9-19(30)18(13-17)20(31)28-12-10-15-5-2-1-3-6-15/h1-9,11,13-14,21,30H,10,12H2,(H,28,31)(H,32,33). The molecule has 11 heteroatoms. The first kappa shape index (κ1) is 25.1. The molecule has 0 fully saturated rings. The fraction of sp³-hybridized carbons (Fsp3) is 0.174. The number of phenols is 1. The highest BCUT2D eigenvalue weighted by atomic mass is 35.5. The summed E-state index contributed by atoms with van der Waals surface area (Å²) < 4.78 is 15.5. The first-order valence-electron chi connectivity index (χ1n) is 9.97. The van der Waals surface area contributed by atoms with Gasteiger partial charge in [-0.15, -0.1) is 0 Å². The molecule has 0 aliphatic carbocycles. The SMILES string of the molecule is O=C(NCCc1ccccc1)c1cc(ON(c2cccnc2)C(F)(C(=O)O)C(Cl)Cl)ccc1O. The Morgan fingerprint density at radius 2 is 1.88 bits per heavy atom. The molecule has 0 aliphatic heterocycles. The van der Waals surface area contributed by atoms with Crippen molar-refractivity contribution in [3.63, 3.8) is 0 Å². The van der Waals surface area contributed by atoms with Crippen molar-refractivity contribution in [2.24, 2.45) is 0 Å². The maximum absolute atomic E-state index is 15.5. The molecule has 1 amide bonds. The van der Waals surface area contributed by atoms with Gasteiger partial charge in [-0.3, -0.25) is 9.78 Å². The van der Waals surface area contributed by atoms with Gasteiger partial charge in [0.15, 0.2) is 10.6 Å². The number of halogens is 3. The Labute approximate surface area is 204 Å². The first-order chi connectivity index (χ1) is 16.2. The Morgan fingerprint density at radius 3 is 2.50 bits per heavy atom. The number of nitrogens with one attached hydrogen (secondary N) is 1.